The second kappa shape index (κ2) is 12.5. The molecule has 0 aliphatic heterocycles. The maximum absolute atomic E-state index is 11.2. The van der Waals surface area contributed by atoms with Gasteiger partial charge in [0, 0.05) is 0 Å². The summed E-state index contributed by atoms with van der Waals surface area (Å²) < 4.78 is 6.82. The molecule has 2 heteroatoms. The first-order chi connectivity index (χ1) is 16.1. The Morgan fingerprint density at radius 2 is 1.24 bits per heavy atom. The van der Waals surface area contributed by atoms with Gasteiger partial charge in [0.25, 0.3) is 0 Å². The number of hydrogen-bond donors (Lipinski definition) is 1. The third-order valence-electron chi connectivity index (χ3n) is 6.38. The molecule has 3 rings (SSSR count). The highest BCUT2D eigenvalue weighted by Gasteiger charge is 2.38. The average Bonchev–Trinajstić information content (AvgIpc) is 2.85. The van der Waals surface area contributed by atoms with E-state index in [1.54, 1.807) is 0 Å². The van der Waals surface area contributed by atoms with E-state index in [0.717, 1.165) is 36.0 Å². The van der Waals surface area contributed by atoms with Crippen molar-refractivity contribution in [1.82, 2.24) is 0 Å². The highest BCUT2D eigenvalue weighted by Crippen LogP contribution is 2.40. The molecule has 0 saturated heterocycles. The predicted molar refractivity (Wildman–Crippen MR) is 138 cm³/mol. The molecule has 0 heterocycles. The molecule has 0 unspecified atom stereocenters. The Labute approximate surface area is 200 Å². The summed E-state index contributed by atoms with van der Waals surface area (Å²) in [5, 5.41) is 11.2. The number of hydrogen-bond acceptors (Lipinski definition) is 2. The van der Waals surface area contributed by atoms with Crippen LogP contribution in [-0.2, 0) is 10.3 Å². The van der Waals surface area contributed by atoms with Crippen LogP contribution >= 0.6 is 0 Å². The zero-order chi connectivity index (χ0) is 23.5. The fourth-order valence-electron chi connectivity index (χ4n) is 4.58. The average molecular weight is 443 g/mol. The summed E-state index contributed by atoms with van der Waals surface area (Å²) >= 11 is 0. The molecular formula is C31H38O2. The summed E-state index contributed by atoms with van der Waals surface area (Å²) in [7, 11) is 0. The quantitative estimate of drug-likeness (QED) is 0.221. The van der Waals surface area contributed by atoms with E-state index in [4.69, 9.17) is 4.74 Å². The van der Waals surface area contributed by atoms with Crippen LogP contribution in [0.1, 0.15) is 56.2 Å². The first-order valence-corrected chi connectivity index (χ1v) is 12.2. The summed E-state index contributed by atoms with van der Waals surface area (Å²) in [5.41, 5.74) is 2.35. The van der Waals surface area contributed by atoms with Gasteiger partial charge in [-0.2, -0.15) is 0 Å². The molecule has 3 aromatic carbocycles. The summed E-state index contributed by atoms with van der Waals surface area (Å²) in [6.45, 7) is 8.67. The van der Waals surface area contributed by atoms with Gasteiger partial charge in [0.1, 0.15) is 5.60 Å². The molecule has 0 amide bonds. The van der Waals surface area contributed by atoms with E-state index in [1.165, 1.54) is 6.42 Å². The molecule has 2 atom stereocenters. The monoisotopic (exact) mass is 442 g/mol. The van der Waals surface area contributed by atoms with Crippen molar-refractivity contribution in [3.8, 4) is 0 Å². The van der Waals surface area contributed by atoms with Gasteiger partial charge in [-0.05, 0) is 41.4 Å². The van der Waals surface area contributed by atoms with Crippen molar-refractivity contribution in [2.75, 3.05) is 6.61 Å². The predicted octanol–water partition coefficient (Wildman–Crippen LogP) is 7.37. The normalized spacial score (nSPS) is 13.6. The Hall–Kier alpha value is -2.68. The molecule has 0 radical (unpaired) electrons. The van der Waals surface area contributed by atoms with E-state index >= 15 is 0 Å². The Morgan fingerprint density at radius 3 is 1.64 bits per heavy atom. The summed E-state index contributed by atoms with van der Waals surface area (Å²) in [6.07, 6.45) is 5.40. The van der Waals surface area contributed by atoms with Crippen molar-refractivity contribution >= 4 is 0 Å². The lowest BCUT2D eigenvalue weighted by molar-refractivity contribution is -0.0567. The second-order valence-electron chi connectivity index (χ2n) is 9.27. The van der Waals surface area contributed by atoms with Crippen molar-refractivity contribution in [2.24, 2.45) is 11.8 Å². The SMILES string of the molecule is C=CC[C@H](CCCC(C)C)[C@H](O)COC(c1ccccc1)(c1ccccc1)c1ccccc1. The Morgan fingerprint density at radius 1 is 0.788 bits per heavy atom. The van der Waals surface area contributed by atoms with Crippen LogP contribution in [0.3, 0.4) is 0 Å². The number of rotatable bonds is 13. The minimum Gasteiger partial charge on any atom is -0.390 e. The topological polar surface area (TPSA) is 29.5 Å². The van der Waals surface area contributed by atoms with Gasteiger partial charge < -0.3 is 9.84 Å². The van der Waals surface area contributed by atoms with Crippen LogP contribution in [0, 0.1) is 11.8 Å². The fraction of sp³-hybridized carbons (Fsp3) is 0.355. The maximum Gasteiger partial charge on any atom is 0.143 e. The van der Waals surface area contributed by atoms with Crippen LogP contribution in [0.15, 0.2) is 104 Å². The van der Waals surface area contributed by atoms with E-state index in [2.05, 4.69) is 56.8 Å². The highest BCUT2D eigenvalue weighted by molar-refractivity contribution is 5.47. The standard InChI is InChI=1S/C31H38O2/c1-4-15-26(17-14-16-25(2)3)30(32)24-33-31(27-18-8-5-9-19-27,28-20-10-6-11-21-28)29-22-12-7-13-23-29/h4-13,18-23,25-26,30,32H,1,14-17,24H2,2-3H3/t26-,30-/m1/s1. The smallest absolute Gasteiger partial charge is 0.143 e. The van der Waals surface area contributed by atoms with Gasteiger partial charge in [-0.25, -0.2) is 0 Å². The molecular weight excluding hydrogens is 404 g/mol. The van der Waals surface area contributed by atoms with Crippen LogP contribution in [0.2, 0.25) is 0 Å². The van der Waals surface area contributed by atoms with Crippen LogP contribution in [0.4, 0.5) is 0 Å². The summed E-state index contributed by atoms with van der Waals surface area (Å²) in [6, 6.07) is 31.0. The number of benzene rings is 3. The molecule has 0 aromatic heterocycles. The third kappa shape index (κ3) is 6.43. The van der Waals surface area contributed by atoms with E-state index < -0.39 is 11.7 Å². The molecule has 0 aliphatic carbocycles. The number of aliphatic hydroxyl groups is 1. The summed E-state index contributed by atoms with van der Waals surface area (Å²) in [5.74, 6) is 0.811. The molecule has 1 N–H and O–H groups in total. The van der Waals surface area contributed by atoms with Crippen LogP contribution in [0.25, 0.3) is 0 Å². The van der Waals surface area contributed by atoms with E-state index in [9.17, 15) is 5.11 Å². The van der Waals surface area contributed by atoms with Gasteiger partial charge in [-0.3, -0.25) is 0 Å². The van der Waals surface area contributed by atoms with Gasteiger partial charge in [-0.15, -0.1) is 6.58 Å². The molecule has 3 aromatic rings. The summed E-state index contributed by atoms with van der Waals surface area (Å²) in [4.78, 5) is 0. The van der Waals surface area contributed by atoms with Crippen LogP contribution in [-0.4, -0.2) is 17.8 Å². The molecule has 0 spiro atoms. The zero-order valence-electron chi connectivity index (χ0n) is 20.1. The molecule has 2 nitrogen and oxygen atoms in total. The molecule has 0 saturated carbocycles. The van der Waals surface area contributed by atoms with Gasteiger partial charge in [0.05, 0.1) is 12.7 Å². The second-order valence-corrected chi connectivity index (χ2v) is 9.27. The minimum absolute atomic E-state index is 0.140. The van der Waals surface area contributed by atoms with Crippen molar-refractivity contribution in [3.05, 3.63) is 120 Å². The first-order valence-electron chi connectivity index (χ1n) is 12.2. The Kier molecular flexibility index (Phi) is 9.47. The third-order valence-corrected chi connectivity index (χ3v) is 6.38. The van der Waals surface area contributed by atoms with E-state index in [-0.39, 0.29) is 12.5 Å². The van der Waals surface area contributed by atoms with Gasteiger partial charge in [-0.1, -0.05) is 124 Å². The van der Waals surface area contributed by atoms with E-state index in [0.29, 0.717) is 5.92 Å². The Bertz CT molecular complexity index is 838. The van der Waals surface area contributed by atoms with Crippen LogP contribution in [0.5, 0.6) is 0 Å². The van der Waals surface area contributed by atoms with Gasteiger partial charge in [0.2, 0.25) is 0 Å². The van der Waals surface area contributed by atoms with Crippen molar-refractivity contribution in [3.63, 3.8) is 0 Å². The van der Waals surface area contributed by atoms with Crippen LogP contribution < -0.4 is 0 Å². The van der Waals surface area contributed by atoms with Crippen molar-refractivity contribution < 1.29 is 9.84 Å². The van der Waals surface area contributed by atoms with Gasteiger partial charge in [0.15, 0.2) is 0 Å². The lowest BCUT2D eigenvalue weighted by Crippen LogP contribution is -2.37. The zero-order valence-corrected chi connectivity index (χ0v) is 20.1. The lowest BCUT2D eigenvalue weighted by atomic mass is 9.80. The minimum atomic E-state index is -0.804. The number of ether oxygens (including phenoxy) is 1. The largest absolute Gasteiger partial charge is 0.390 e. The van der Waals surface area contributed by atoms with Crippen molar-refractivity contribution in [2.45, 2.75) is 51.2 Å². The highest BCUT2D eigenvalue weighted by atomic mass is 16.5. The number of aliphatic hydroxyl groups excluding tert-OH is 1. The Balaban J connectivity index is 1.95. The van der Waals surface area contributed by atoms with E-state index in [1.807, 2.05) is 60.7 Å². The fourth-order valence-corrected chi connectivity index (χ4v) is 4.58. The molecule has 0 fully saturated rings. The lowest BCUT2D eigenvalue weighted by Gasteiger charge is -2.37. The maximum atomic E-state index is 11.2. The van der Waals surface area contributed by atoms with Gasteiger partial charge >= 0.3 is 0 Å². The molecule has 0 aliphatic rings. The van der Waals surface area contributed by atoms with Crippen molar-refractivity contribution in [1.29, 1.82) is 0 Å². The molecule has 33 heavy (non-hydrogen) atoms. The molecule has 0 bridgehead atoms. The number of allylic oxidation sites excluding steroid dienone is 1. The first kappa shape index (κ1) is 25.0. The molecule has 174 valence electrons.